The van der Waals surface area contributed by atoms with Crippen LogP contribution in [0.4, 0.5) is 5.69 Å². The van der Waals surface area contributed by atoms with Crippen molar-refractivity contribution >= 4 is 11.6 Å². The number of amides is 1. The van der Waals surface area contributed by atoms with Crippen LogP contribution in [-0.2, 0) is 4.79 Å². The molecule has 1 aromatic carbocycles. The van der Waals surface area contributed by atoms with Gasteiger partial charge in [-0.15, -0.1) is 0 Å². The Balaban J connectivity index is 1.87. The number of nitrogens with two attached hydrogens (primary N) is 1. The third-order valence-electron chi connectivity index (χ3n) is 4.34. The zero-order valence-electron chi connectivity index (χ0n) is 10.5. The number of carbonyl (C=O) groups is 1. The van der Waals surface area contributed by atoms with Crippen LogP contribution >= 0.6 is 0 Å². The average molecular weight is 246 g/mol. The summed E-state index contributed by atoms with van der Waals surface area (Å²) < 4.78 is 5.19. The molecular formula is C14H18N2O2. The van der Waals surface area contributed by atoms with Crippen LogP contribution in [0.15, 0.2) is 24.3 Å². The first-order valence-corrected chi connectivity index (χ1v) is 6.38. The Morgan fingerprint density at radius 1 is 1.56 bits per heavy atom. The Bertz CT molecular complexity index is 488. The van der Waals surface area contributed by atoms with E-state index in [1.54, 1.807) is 7.11 Å². The van der Waals surface area contributed by atoms with E-state index in [1.807, 2.05) is 24.3 Å². The molecular weight excluding hydrogens is 228 g/mol. The molecule has 3 unspecified atom stereocenters. The molecule has 4 nitrogen and oxygen atoms in total. The maximum absolute atomic E-state index is 11.8. The third-order valence-corrected chi connectivity index (χ3v) is 4.34. The number of fused-ring (bicyclic) bond motifs is 1. The second-order valence-electron chi connectivity index (χ2n) is 5.33. The smallest absolute Gasteiger partial charge is 0.243 e. The van der Waals surface area contributed by atoms with E-state index < -0.39 is 5.54 Å². The molecule has 0 radical (unpaired) electrons. The third kappa shape index (κ3) is 1.64. The number of benzene rings is 1. The molecule has 0 aromatic heterocycles. The highest BCUT2D eigenvalue weighted by Gasteiger charge is 2.61. The van der Waals surface area contributed by atoms with Crippen molar-refractivity contribution in [2.24, 2.45) is 17.6 Å². The average Bonchev–Trinajstić information content (AvgIpc) is 3.08. The number of anilines is 1. The quantitative estimate of drug-likeness (QED) is 0.850. The van der Waals surface area contributed by atoms with Gasteiger partial charge in [0.25, 0.3) is 0 Å². The number of hydrogen-bond acceptors (Lipinski definition) is 3. The molecule has 2 fully saturated rings. The molecule has 2 aliphatic carbocycles. The summed E-state index contributed by atoms with van der Waals surface area (Å²) in [5.41, 5.74) is 5.99. The zero-order chi connectivity index (χ0) is 12.8. The van der Waals surface area contributed by atoms with E-state index in [0.29, 0.717) is 11.8 Å². The standard InChI is InChI=1S/C14H18N2O2/c1-18-11-4-2-3-10(8-11)16-14(13(15)17)6-5-9-7-12(9)14/h2-4,8-9,12,16H,5-7H2,1H3,(H2,15,17). The lowest BCUT2D eigenvalue weighted by molar-refractivity contribution is -0.122. The van der Waals surface area contributed by atoms with Crippen molar-refractivity contribution in [3.05, 3.63) is 24.3 Å². The lowest BCUT2D eigenvalue weighted by atomic mass is 9.91. The fourth-order valence-corrected chi connectivity index (χ4v) is 3.25. The summed E-state index contributed by atoms with van der Waals surface area (Å²) in [5, 5.41) is 3.37. The number of rotatable bonds is 4. The highest BCUT2D eigenvalue weighted by Crippen LogP contribution is 2.58. The molecule has 2 aliphatic rings. The molecule has 0 saturated heterocycles. The normalized spacial score (nSPS) is 32.7. The van der Waals surface area contributed by atoms with Crippen molar-refractivity contribution in [3.63, 3.8) is 0 Å². The first-order chi connectivity index (χ1) is 8.65. The van der Waals surface area contributed by atoms with E-state index in [0.717, 1.165) is 30.7 Å². The summed E-state index contributed by atoms with van der Waals surface area (Å²) in [4.78, 5) is 11.8. The summed E-state index contributed by atoms with van der Waals surface area (Å²) in [5.74, 6) is 1.66. The molecule has 0 aliphatic heterocycles. The SMILES string of the molecule is COc1cccc(NC2(C(N)=O)CCC3CC32)c1. The number of methoxy groups -OCH3 is 1. The van der Waals surface area contributed by atoms with Gasteiger partial charge < -0.3 is 15.8 Å². The van der Waals surface area contributed by atoms with E-state index in [-0.39, 0.29) is 5.91 Å². The second-order valence-corrected chi connectivity index (χ2v) is 5.33. The molecule has 4 heteroatoms. The Labute approximate surface area is 107 Å². The van der Waals surface area contributed by atoms with Crippen LogP contribution in [0.1, 0.15) is 19.3 Å². The van der Waals surface area contributed by atoms with Gasteiger partial charge in [0.05, 0.1) is 7.11 Å². The van der Waals surface area contributed by atoms with Crippen molar-refractivity contribution in [2.45, 2.75) is 24.8 Å². The fourth-order valence-electron chi connectivity index (χ4n) is 3.25. The van der Waals surface area contributed by atoms with Gasteiger partial charge in [-0.05, 0) is 43.2 Å². The molecule has 0 heterocycles. The van der Waals surface area contributed by atoms with Crippen LogP contribution in [0.5, 0.6) is 5.75 Å². The van der Waals surface area contributed by atoms with E-state index in [1.165, 1.54) is 0 Å². The maximum atomic E-state index is 11.8. The van der Waals surface area contributed by atoms with Gasteiger partial charge in [-0.1, -0.05) is 6.07 Å². The number of carbonyl (C=O) groups excluding carboxylic acids is 1. The molecule has 1 amide bonds. The van der Waals surface area contributed by atoms with Gasteiger partial charge in [0, 0.05) is 11.8 Å². The Morgan fingerprint density at radius 3 is 2.94 bits per heavy atom. The topological polar surface area (TPSA) is 64.3 Å². The second kappa shape index (κ2) is 3.90. The highest BCUT2D eigenvalue weighted by atomic mass is 16.5. The van der Waals surface area contributed by atoms with Crippen LogP contribution in [0.25, 0.3) is 0 Å². The van der Waals surface area contributed by atoms with Gasteiger partial charge in [0.15, 0.2) is 0 Å². The number of hydrogen-bond donors (Lipinski definition) is 2. The van der Waals surface area contributed by atoms with E-state index >= 15 is 0 Å². The lowest BCUT2D eigenvalue weighted by Crippen LogP contribution is -2.51. The van der Waals surface area contributed by atoms with Gasteiger partial charge in [-0.2, -0.15) is 0 Å². The molecule has 0 bridgehead atoms. The Kier molecular flexibility index (Phi) is 2.47. The van der Waals surface area contributed by atoms with Crippen molar-refractivity contribution in [1.29, 1.82) is 0 Å². The van der Waals surface area contributed by atoms with Gasteiger partial charge in [-0.25, -0.2) is 0 Å². The number of ether oxygens (including phenoxy) is 1. The summed E-state index contributed by atoms with van der Waals surface area (Å²) >= 11 is 0. The van der Waals surface area contributed by atoms with Crippen LogP contribution in [-0.4, -0.2) is 18.6 Å². The van der Waals surface area contributed by atoms with E-state index in [4.69, 9.17) is 10.5 Å². The summed E-state index contributed by atoms with van der Waals surface area (Å²) in [6.07, 6.45) is 3.07. The zero-order valence-corrected chi connectivity index (χ0v) is 10.5. The molecule has 3 atom stereocenters. The number of primary amides is 1. The van der Waals surface area contributed by atoms with Crippen LogP contribution in [0.3, 0.4) is 0 Å². The molecule has 0 spiro atoms. The molecule has 18 heavy (non-hydrogen) atoms. The molecule has 2 saturated carbocycles. The number of nitrogens with one attached hydrogen (secondary N) is 1. The van der Waals surface area contributed by atoms with Gasteiger partial charge in [0.1, 0.15) is 11.3 Å². The van der Waals surface area contributed by atoms with Crippen molar-refractivity contribution in [1.82, 2.24) is 0 Å². The maximum Gasteiger partial charge on any atom is 0.243 e. The minimum absolute atomic E-state index is 0.227. The predicted molar refractivity (Wildman–Crippen MR) is 69.4 cm³/mol. The van der Waals surface area contributed by atoms with Crippen molar-refractivity contribution in [3.8, 4) is 5.75 Å². The summed E-state index contributed by atoms with van der Waals surface area (Å²) in [6, 6.07) is 7.65. The molecule has 96 valence electrons. The largest absolute Gasteiger partial charge is 0.497 e. The molecule has 3 rings (SSSR count). The van der Waals surface area contributed by atoms with Gasteiger partial charge >= 0.3 is 0 Å². The summed E-state index contributed by atoms with van der Waals surface area (Å²) in [7, 11) is 1.63. The predicted octanol–water partition coefficient (Wildman–Crippen LogP) is 1.76. The first kappa shape index (κ1) is 11.4. The molecule has 1 aromatic rings. The Hall–Kier alpha value is -1.71. The minimum atomic E-state index is -0.545. The van der Waals surface area contributed by atoms with Crippen LogP contribution in [0.2, 0.25) is 0 Å². The summed E-state index contributed by atoms with van der Waals surface area (Å²) in [6.45, 7) is 0. The van der Waals surface area contributed by atoms with Crippen LogP contribution < -0.4 is 15.8 Å². The Morgan fingerprint density at radius 2 is 2.39 bits per heavy atom. The lowest BCUT2D eigenvalue weighted by Gasteiger charge is -2.30. The molecule has 3 N–H and O–H groups in total. The van der Waals surface area contributed by atoms with E-state index in [2.05, 4.69) is 5.32 Å². The van der Waals surface area contributed by atoms with Crippen molar-refractivity contribution in [2.75, 3.05) is 12.4 Å². The van der Waals surface area contributed by atoms with Gasteiger partial charge in [-0.3, -0.25) is 4.79 Å². The van der Waals surface area contributed by atoms with Crippen molar-refractivity contribution < 1.29 is 9.53 Å². The highest BCUT2D eigenvalue weighted by molar-refractivity contribution is 5.89. The van der Waals surface area contributed by atoms with E-state index in [9.17, 15) is 4.79 Å². The first-order valence-electron chi connectivity index (χ1n) is 6.38. The monoisotopic (exact) mass is 246 g/mol. The van der Waals surface area contributed by atoms with Gasteiger partial charge in [0.2, 0.25) is 5.91 Å². The van der Waals surface area contributed by atoms with Crippen LogP contribution in [0, 0.1) is 11.8 Å². The fraction of sp³-hybridized carbons (Fsp3) is 0.500. The minimum Gasteiger partial charge on any atom is -0.497 e.